The van der Waals surface area contributed by atoms with Crippen molar-refractivity contribution in [3.8, 4) is 5.75 Å². The van der Waals surface area contributed by atoms with Crippen LogP contribution in [0.15, 0.2) is 36.7 Å². The zero-order valence-electron chi connectivity index (χ0n) is 17.8. The second-order valence-corrected chi connectivity index (χ2v) is 8.19. The number of hydrogen-bond acceptors (Lipinski definition) is 5. The number of nitrogens with zero attached hydrogens (tertiary/aromatic N) is 3. The lowest BCUT2D eigenvalue weighted by Crippen LogP contribution is -2.18. The predicted molar refractivity (Wildman–Crippen MR) is 114 cm³/mol. The van der Waals surface area contributed by atoms with Gasteiger partial charge >= 0.3 is 0 Å². The van der Waals surface area contributed by atoms with Crippen LogP contribution in [0, 0.1) is 5.92 Å². The molecule has 1 amide bonds. The standard InChI is InChI=1S/C23H24F2N4O3/c1-23(24,25)20-5-3-4-16(26-20)22(31)28-18-12-29-11-17(27-21(29)10-19(18)32-2)15-8-6-14(13-30)7-9-15/h3-5,10-15H,6-9H2,1-2H3,(H,28,31). The topological polar surface area (TPSA) is 85.6 Å². The van der Waals surface area contributed by atoms with Crippen molar-refractivity contribution in [3.05, 3.63) is 53.7 Å². The van der Waals surface area contributed by atoms with Gasteiger partial charge in [-0.05, 0) is 37.8 Å². The molecule has 0 bridgehead atoms. The minimum absolute atomic E-state index is 0.121. The van der Waals surface area contributed by atoms with E-state index < -0.39 is 17.5 Å². The van der Waals surface area contributed by atoms with Gasteiger partial charge in [0.2, 0.25) is 0 Å². The highest BCUT2D eigenvalue weighted by molar-refractivity contribution is 6.03. The molecule has 1 N–H and O–H groups in total. The Bertz CT molecular complexity index is 1150. The molecule has 4 rings (SSSR count). The SMILES string of the molecule is COc1cc2nc(C3CCC(C=O)CC3)cn2cc1NC(=O)c1cccc(C(C)(F)F)n1. The molecule has 3 heterocycles. The Hall–Kier alpha value is -3.36. The summed E-state index contributed by atoms with van der Waals surface area (Å²) in [6.07, 6.45) is 8.14. The first-order chi connectivity index (χ1) is 15.3. The number of fused-ring (bicyclic) bond motifs is 1. The lowest BCUT2D eigenvalue weighted by atomic mass is 9.81. The Morgan fingerprint density at radius 3 is 2.62 bits per heavy atom. The Morgan fingerprint density at radius 1 is 1.22 bits per heavy atom. The van der Waals surface area contributed by atoms with Crippen LogP contribution in [0.3, 0.4) is 0 Å². The number of halogens is 2. The average Bonchev–Trinajstić information content (AvgIpc) is 3.21. The highest BCUT2D eigenvalue weighted by Crippen LogP contribution is 2.35. The Labute approximate surface area is 183 Å². The summed E-state index contributed by atoms with van der Waals surface area (Å²) in [6, 6.07) is 5.64. The fourth-order valence-electron chi connectivity index (χ4n) is 4.04. The molecule has 1 aliphatic rings. The van der Waals surface area contributed by atoms with E-state index in [1.165, 1.54) is 25.3 Å². The number of imidazole rings is 1. The second kappa shape index (κ2) is 8.64. The minimum atomic E-state index is -3.15. The first-order valence-corrected chi connectivity index (χ1v) is 10.5. The van der Waals surface area contributed by atoms with Crippen molar-refractivity contribution < 1.29 is 23.1 Å². The molecule has 0 radical (unpaired) electrons. The van der Waals surface area contributed by atoms with E-state index in [1.807, 2.05) is 6.20 Å². The summed E-state index contributed by atoms with van der Waals surface area (Å²) in [5.74, 6) is -2.97. The van der Waals surface area contributed by atoms with Crippen LogP contribution in [-0.2, 0) is 10.7 Å². The fraction of sp³-hybridized carbons (Fsp3) is 0.391. The largest absolute Gasteiger partial charge is 0.494 e. The van der Waals surface area contributed by atoms with Crippen LogP contribution < -0.4 is 10.1 Å². The summed E-state index contributed by atoms with van der Waals surface area (Å²) < 4.78 is 34.3. The van der Waals surface area contributed by atoms with Crippen LogP contribution in [-0.4, -0.2) is 33.7 Å². The van der Waals surface area contributed by atoms with Gasteiger partial charge < -0.3 is 19.2 Å². The van der Waals surface area contributed by atoms with Gasteiger partial charge in [0.1, 0.15) is 34.8 Å². The number of carbonyl (C=O) groups is 2. The number of nitrogens with one attached hydrogen (secondary N) is 1. The third kappa shape index (κ3) is 4.46. The normalized spacial score (nSPS) is 19.0. The molecule has 32 heavy (non-hydrogen) atoms. The van der Waals surface area contributed by atoms with Gasteiger partial charge in [-0.15, -0.1) is 0 Å². The van der Waals surface area contributed by atoms with Crippen molar-refractivity contribution in [3.63, 3.8) is 0 Å². The molecule has 1 saturated carbocycles. The highest BCUT2D eigenvalue weighted by Gasteiger charge is 2.27. The Morgan fingerprint density at radius 2 is 1.97 bits per heavy atom. The monoisotopic (exact) mass is 442 g/mol. The molecule has 1 aliphatic carbocycles. The number of amides is 1. The van der Waals surface area contributed by atoms with E-state index in [-0.39, 0.29) is 17.5 Å². The highest BCUT2D eigenvalue weighted by atomic mass is 19.3. The molecule has 0 unspecified atom stereocenters. The fourth-order valence-corrected chi connectivity index (χ4v) is 4.04. The number of pyridine rings is 2. The lowest BCUT2D eigenvalue weighted by Gasteiger charge is -2.23. The number of methoxy groups -OCH3 is 1. The molecule has 9 heteroatoms. The van der Waals surface area contributed by atoms with Gasteiger partial charge in [-0.25, -0.2) is 9.97 Å². The molecular weight excluding hydrogens is 418 g/mol. The lowest BCUT2D eigenvalue weighted by molar-refractivity contribution is -0.111. The number of hydrogen-bond donors (Lipinski definition) is 1. The molecule has 0 saturated heterocycles. The Kier molecular flexibility index (Phi) is 5.90. The first kappa shape index (κ1) is 21.9. The van der Waals surface area contributed by atoms with Crippen LogP contribution in [0.4, 0.5) is 14.5 Å². The third-order valence-corrected chi connectivity index (χ3v) is 5.86. The molecular formula is C23H24F2N4O3. The van der Waals surface area contributed by atoms with Gasteiger partial charge in [-0.1, -0.05) is 6.07 Å². The average molecular weight is 442 g/mol. The number of aromatic nitrogens is 3. The number of aldehydes is 1. The maximum Gasteiger partial charge on any atom is 0.287 e. The van der Waals surface area contributed by atoms with Gasteiger partial charge in [-0.2, -0.15) is 8.78 Å². The zero-order valence-corrected chi connectivity index (χ0v) is 17.8. The molecule has 168 valence electrons. The third-order valence-electron chi connectivity index (χ3n) is 5.86. The Balaban J connectivity index is 1.59. The van der Waals surface area contributed by atoms with Gasteiger partial charge in [0.25, 0.3) is 11.8 Å². The predicted octanol–water partition coefficient (Wildman–Crippen LogP) is 4.57. The van der Waals surface area contributed by atoms with Gasteiger partial charge in [-0.3, -0.25) is 4.79 Å². The second-order valence-electron chi connectivity index (χ2n) is 8.19. The maximum absolute atomic E-state index is 13.6. The maximum atomic E-state index is 13.6. The van der Waals surface area contributed by atoms with Crippen molar-refractivity contribution in [2.45, 2.75) is 44.4 Å². The molecule has 1 fully saturated rings. The van der Waals surface area contributed by atoms with Crippen LogP contribution in [0.5, 0.6) is 5.75 Å². The van der Waals surface area contributed by atoms with E-state index in [2.05, 4.69) is 10.3 Å². The van der Waals surface area contributed by atoms with Crippen molar-refractivity contribution in [2.75, 3.05) is 12.4 Å². The molecule has 0 aliphatic heterocycles. The number of anilines is 1. The van der Waals surface area contributed by atoms with Gasteiger partial charge in [0.15, 0.2) is 0 Å². The minimum Gasteiger partial charge on any atom is -0.494 e. The molecule has 3 aromatic rings. The summed E-state index contributed by atoms with van der Waals surface area (Å²) in [4.78, 5) is 32.2. The summed E-state index contributed by atoms with van der Waals surface area (Å²) >= 11 is 0. The van der Waals surface area contributed by atoms with Crippen molar-refractivity contribution >= 4 is 23.5 Å². The van der Waals surface area contributed by atoms with E-state index >= 15 is 0 Å². The van der Waals surface area contributed by atoms with E-state index in [1.54, 1.807) is 16.7 Å². The van der Waals surface area contributed by atoms with Gasteiger partial charge in [0.05, 0.1) is 12.8 Å². The number of carbonyl (C=O) groups excluding carboxylic acids is 2. The quantitative estimate of drug-likeness (QED) is 0.565. The number of rotatable bonds is 6. The van der Waals surface area contributed by atoms with E-state index in [0.29, 0.717) is 17.1 Å². The van der Waals surface area contributed by atoms with E-state index in [9.17, 15) is 18.4 Å². The molecule has 0 atom stereocenters. The molecule has 3 aromatic heterocycles. The zero-order chi connectivity index (χ0) is 22.9. The first-order valence-electron chi connectivity index (χ1n) is 10.5. The van der Waals surface area contributed by atoms with Crippen molar-refractivity contribution in [1.29, 1.82) is 0 Å². The molecule has 7 nitrogen and oxygen atoms in total. The van der Waals surface area contributed by atoms with Crippen molar-refractivity contribution in [2.24, 2.45) is 5.92 Å². The van der Waals surface area contributed by atoms with Crippen molar-refractivity contribution in [1.82, 2.24) is 14.4 Å². The van der Waals surface area contributed by atoms with Crippen LogP contribution in [0.25, 0.3) is 5.65 Å². The number of alkyl halides is 2. The van der Waals surface area contributed by atoms with E-state index in [4.69, 9.17) is 9.72 Å². The summed E-state index contributed by atoms with van der Waals surface area (Å²) in [5.41, 5.74) is 1.37. The summed E-state index contributed by atoms with van der Waals surface area (Å²) in [7, 11) is 1.47. The molecule has 0 spiro atoms. The smallest absolute Gasteiger partial charge is 0.287 e. The van der Waals surface area contributed by atoms with E-state index in [0.717, 1.165) is 44.6 Å². The van der Waals surface area contributed by atoms with Crippen LogP contribution >= 0.6 is 0 Å². The van der Waals surface area contributed by atoms with Crippen LogP contribution in [0.2, 0.25) is 0 Å². The van der Waals surface area contributed by atoms with Gasteiger partial charge in [0, 0.05) is 37.2 Å². The van der Waals surface area contributed by atoms with Crippen LogP contribution in [0.1, 0.15) is 60.4 Å². The summed E-state index contributed by atoms with van der Waals surface area (Å²) in [5, 5.41) is 2.69. The number of ether oxygens (including phenoxy) is 1. The summed E-state index contributed by atoms with van der Waals surface area (Å²) in [6.45, 7) is 0.732. The molecule has 0 aromatic carbocycles.